The van der Waals surface area contributed by atoms with Crippen LogP contribution in [-0.2, 0) is 7.05 Å². The Labute approximate surface area is 116 Å². The molecule has 0 amide bonds. The third kappa shape index (κ3) is 1.90. The fourth-order valence-electron chi connectivity index (χ4n) is 3.07. The Morgan fingerprint density at radius 1 is 1.39 bits per heavy atom. The first-order valence-corrected chi connectivity index (χ1v) is 7.43. The number of piperidine rings is 1. The Morgan fingerprint density at radius 3 is 2.94 bits per heavy atom. The van der Waals surface area contributed by atoms with Crippen LogP contribution in [-0.4, -0.2) is 17.7 Å². The third-order valence-electron chi connectivity index (χ3n) is 4.02. The lowest BCUT2D eigenvalue weighted by molar-refractivity contribution is 0.447. The summed E-state index contributed by atoms with van der Waals surface area (Å²) in [6, 6.07) is 6.70. The van der Waals surface area contributed by atoms with Crippen LogP contribution < -0.4 is 5.32 Å². The van der Waals surface area contributed by atoms with Crippen molar-refractivity contribution >= 4 is 26.8 Å². The van der Waals surface area contributed by atoms with Crippen molar-refractivity contribution in [3.05, 3.63) is 33.9 Å². The summed E-state index contributed by atoms with van der Waals surface area (Å²) >= 11 is 3.82. The highest BCUT2D eigenvalue weighted by molar-refractivity contribution is 9.10. The minimum Gasteiger partial charge on any atom is -0.346 e. The first kappa shape index (κ1) is 12.2. The van der Waals surface area contributed by atoms with Crippen LogP contribution in [0.15, 0.2) is 22.7 Å². The normalized spacial score (nSPS) is 20.5. The fourth-order valence-corrected chi connectivity index (χ4v) is 3.98. The van der Waals surface area contributed by atoms with Crippen LogP contribution in [0.4, 0.5) is 0 Å². The molecule has 3 heteroatoms. The van der Waals surface area contributed by atoms with E-state index in [1.165, 1.54) is 39.5 Å². The van der Waals surface area contributed by atoms with E-state index < -0.39 is 0 Å². The molecule has 1 N–H and O–H groups in total. The Morgan fingerprint density at radius 2 is 2.22 bits per heavy atom. The van der Waals surface area contributed by atoms with E-state index in [0.29, 0.717) is 5.92 Å². The second kappa shape index (κ2) is 4.71. The van der Waals surface area contributed by atoms with Gasteiger partial charge in [-0.2, -0.15) is 0 Å². The Bertz CT molecular complexity index is 580. The zero-order chi connectivity index (χ0) is 12.7. The van der Waals surface area contributed by atoms with E-state index in [2.05, 4.69) is 58.0 Å². The van der Waals surface area contributed by atoms with Crippen molar-refractivity contribution in [2.75, 3.05) is 13.1 Å². The molecule has 1 aromatic carbocycles. The molecule has 2 aromatic rings. The van der Waals surface area contributed by atoms with Crippen LogP contribution in [0.25, 0.3) is 10.9 Å². The monoisotopic (exact) mass is 306 g/mol. The highest BCUT2D eigenvalue weighted by Crippen LogP contribution is 2.37. The van der Waals surface area contributed by atoms with Gasteiger partial charge in [0.1, 0.15) is 0 Å². The molecule has 1 atom stereocenters. The van der Waals surface area contributed by atoms with Gasteiger partial charge in [0.05, 0.1) is 0 Å². The first-order valence-electron chi connectivity index (χ1n) is 6.63. The molecule has 0 aliphatic carbocycles. The van der Waals surface area contributed by atoms with Crippen LogP contribution >= 0.6 is 15.9 Å². The van der Waals surface area contributed by atoms with Gasteiger partial charge in [0, 0.05) is 40.6 Å². The predicted molar refractivity (Wildman–Crippen MR) is 80.2 cm³/mol. The molecule has 18 heavy (non-hydrogen) atoms. The van der Waals surface area contributed by atoms with Crippen molar-refractivity contribution in [1.29, 1.82) is 0 Å². The number of aromatic nitrogens is 1. The van der Waals surface area contributed by atoms with Crippen molar-refractivity contribution in [3.8, 4) is 0 Å². The molecule has 1 unspecified atom stereocenters. The summed E-state index contributed by atoms with van der Waals surface area (Å²) in [5.74, 6) is 0.630. The molecule has 0 saturated carbocycles. The van der Waals surface area contributed by atoms with E-state index in [-0.39, 0.29) is 0 Å². The van der Waals surface area contributed by atoms with Gasteiger partial charge in [-0.3, -0.25) is 0 Å². The number of fused-ring (bicyclic) bond motifs is 1. The van der Waals surface area contributed by atoms with Crippen molar-refractivity contribution < 1.29 is 0 Å². The average molecular weight is 307 g/mol. The summed E-state index contributed by atoms with van der Waals surface area (Å²) in [5, 5.41) is 4.85. The molecule has 0 radical (unpaired) electrons. The molecular weight excluding hydrogens is 288 g/mol. The molecule has 2 nitrogen and oxygen atoms in total. The van der Waals surface area contributed by atoms with Gasteiger partial charge in [-0.25, -0.2) is 0 Å². The lowest BCUT2D eigenvalue weighted by Crippen LogP contribution is -2.29. The summed E-state index contributed by atoms with van der Waals surface area (Å²) in [5.41, 5.74) is 4.10. The van der Waals surface area contributed by atoms with Crippen LogP contribution in [0.1, 0.15) is 30.0 Å². The lowest BCUT2D eigenvalue weighted by Gasteiger charge is -2.24. The number of nitrogens with one attached hydrogen (secondary N) is 1. The van der Waals surface area contributed by atoms with Crippen molar-refractivity contribution in [1.82, 2.24) is 9.88 Å². The van der Waals surface area contributed by atoms with Gasteiger partial charge in [0.25, 0.3) is 0 Å². The summed E-state index contributed by atoms with van der Waals surface area (Å²) in [6.45, 7) is 4.42. The average Bonchev–Trinajstić information content (AvgIpc) is 2.63. The lowest BCUT2D eigenvalue weighted by atomic mass is 9.96. The maximum Gasteiger partial charge on any atom is 0.0491 e. The van der Waals surface area contributed by atoms with Crippen LogP contribution in [0, 0.1) is 6.92 Å². The van der Waals surface area contributed by atoms with Crippen molar-refractivity contribution in [2.45, 2.75) is 25.7 Å². The fraction of sp³-hybridized carbons (Fsp3) is 0.467. The summed E-state index contributed by atoms with van der Waals surface area (Å²) in [6.07, 6.45) is 2.56. The highest BCUT2D eigenvalue weighted by Gasteiger charge is 2.23. The van der Waals surface area contributed by atoms with Gasteiger partial charge in [-0.05, 0) is 54.4 Å². The third-order valence-corrected chi connectivity index (χ3v) is 4.85. The maximum atomic E-state index is 3.82. The predicted octanol–water partition coefficient (Wildman–Crippen LogP) is 3.72. The highest BCUT2D eigenvalue weighted by atomic mass is 79.9. The molecule has 1 aromatic heterocycles. The minimum absolute atomic E-state index is 0.630. The summed E-state index contributed by atoms with van der Waals surface area (Å²) < 4.78 is 3.65. The number of hydrogen-bond acceptors (Lipinski definition) is 1. The first-order chi connectivity index (χ1) is 8.68. The number of rotatable bonds is 1. The molecule has 0 spiro atoms. The quantitative estimate of drug-likeness (QED) is 0.850. The zero-order valence-corrected chi connectivity index (χ0v) is 12.5. The van der Waals surface area contributed by atoms with E-state index in [0.717, 1.165) is 13.1 Å². The Balaban J connectivity index is 2.16. The van der Waals surface area contributed by atoms with Gasteiger partial charge < -0.3 is 9.88 Å². The summed E-state index contributed by atoms with van der Waals surface area (Å²) in [4.78, 5) is 0. The molecule has 0 bridgehead atoms. The second-order valence-electron chi connectivity index (χ2n) is 5.32. The number of halogens is 1. The molecule has 1 fully saturated rings. The van der Waals surface area contributed by atoms with Crippen LogP contribution in [0.2, 0.25) is 0 Å². The summed E-state index contributed by atoms with van der Waals surface area (Å²) in [7, 11) is 2.19. The van der Waals surface area contributed by atoms with Gasteiger partial charge in [0.15, 0.2) is 0 Å². The molecule has 1 aliphatic heterocycles. The smallest absolute Gasteiger partial charge is 0.0491 e. The van der Waals surface area contributed by atoms with E-state index in [4.69, 9.17) is 0 Å². The van der Waals surface area contributed by atoms with Crippen molar-refractivity contribution in [3.63, 3.8) is 0 Å². The standard InChI is InChI=1S/C15H19BrN2/c1-10-5-6-13-12(8-10)14(16)15(18(13)2)11-4-3-7-17-9-11/h5-6,8,11,17H,3-4,7,9H2,1-2H3. The number of benzene rings is 1. The molecule has 3 rings (SSSR count). The van der Waals surface area contributed by atoms with Gasteiger partial charge >= 0.3 is 0 Å². The SMILES string of the molecule is Cc1ccc2c(c1)c(Br)c(C1CCCNC1)n2C. The second-order valence-corrected chi connectivity index (χ2v) is 6.12. The van der Waals surface area contributed by atoms with Crippen LogP contribution in [0.5, 0.6) is 0 Å². The minimum atomic E-state index is 0.630. The Kier molecular flexibility index (Phi) is 3.20. The molecule has 96 valence electrons. The number of aryl methyl sites for hydroxylation is 2. The van der Waals surface area contributed by atoms with Crippen LogP contribution in [0.3, 0.4) is 0 Å². The van der Waals surface area contributed by atoms with E-state index in [1.807, 2.05) is 0 Å². The van der Waals surface area contributed by atoms with Gasteiger partial charge in [-0.15, -0.1) is 0 Å². The molecule has 1 saturated heterocycles. The topological polar surface area (TPSA) is 17.0 Å². The largest absolute Gasteiger partial charge is 0.346 e. The van der Waals surface area contributed by atoms with Gasteiger partial charge in [-0.1, -0.05) is 11.6 Å². The number of nitrogens with zero attached hydrogens (tertiary/aromatic N) is 1. The molecule has 2 heterocycles. The zero-order valence-electron chi connectivity index (χ0n) is 11.0. The van der Waals surface area contributed by atoms with E-state index in [1.54, 1.807) is 0 Å². The van der Waals surface area contributed by atoms with Gasteiger partial charge in [0.2, 0.25) is 0 Å². The maximum absolute atomic E-state index is 3.82. The van der Waals surface area contributed by atoms with E-state index in [9.17, 15) is 0 Å². The Hall–Kier alpha value is -0.800. The number of hydrogen-bond donors (Lipinski definition) is 1. The molecule has 1 aliphatic rings. The van der Waals surface area contributed by atoms with Crippen molar-refractivity contribution in [2.24, 2.45) is 7.05 Å². The molecular formula is C15H19BrN2. The van der Waals surface area contributed by atoms with E-state index >= 15 is 0 Å².